The highest BCUT2D eigenvalue weighted by molar-refractivity contribution is 5.78. The lowest BCUT2D eigenvalue weighted by molar-refractivity contribution is -0.135. The largest absolute Gasteiger partial charge is 0.342 e. The SMILES string of the molecule is CC(C)C(=O)N1CCC(NCc2ccc(C#N)cc2)CC1. The van der Waals surface area contributed by atoms with Gasteiger partial charge in [-0.05, 0) is 30.5 Å². The van der Waals surface area contributed by atoms with E-state index in [1.807, 2.05) is 43.0 Å². The molecule has 1 aromatic carbocycles. The van der Waals surface area contributed by atoms with E-state index in [0.29, 0.717) is 11.6 Å². The summed E-state index contributed by atoms with van der Waals surface area (Å²) < 4.78 is 0. The molecule has 4 nitrogen and oxygen atoms in total. The second-order valence-corrected chi connectivity index (χ2v) is 5.94. The normalized spacial score (nSPS) is 16.0. The lowest BCUT2D eigenvalue weighted by atomic mass is 10.0. The van der Waals surface area contributed by atoms with Crippen molar-refractivity contribution in [3.8, 4) is 6.07 Å². The Morgan fingerprint density at radius 1 is 1.33 bits per heavy atom. The molecule has 1 N–H and O–H groups in total. The van der Waals surface area contributed by atoms with Crippen LogP contribution in [-0.4, -0.2) is 29.9 Å². The van der Waals surface area contributed by atoms with Gasteiger partial charge in [-0.1, -0.05) is 26.0 Å². The molecule has 1 saturated heterocycles. The number of amides is 1. The number of nitrogens with one attached hydrogen (secondary N) is 1. The number of rotatable bonds is 4. The molecular weight excluding hydrogens is 262 g/mol. The molecule has 1 aliphatic rings. The van der Waals surface area contributed by atoms with Gasteiger partial charge in [0, 0.05) is 31.6 Å². The minimum atomic E-state index is 0.0909. The Bertz CT molecular complexity index is 508. The number of hydrogen-bond acceptors (Lipinski definition) is 3. The van der Waals surface area contributed by atoms with E-state index >= 15 is 0 Å². The Morgan fingerprint density at radius 3 is 2.48 bits per heavy atom. The summed E-state index contributed by atoms with van der Waals surface area (Å²) in [5, 5.41) is 12.3. The van der Waals surface area contributed by atoms with Crippen molar-refractivity contribution < 1.29 is 4.79 Å². The monoisotopic (exact) mass is 285 g/mol. The molecule has 1 amide bonds. The second-order valence-electron chi connectivity index (χ2n) is 5.94. The fourth-order valence-corrected chi connectivity index (χ4v) is 2.63. The van der Waals surface area contributed by atoms with E-state index in [4.69, 9.17) is 5.26 Å². The van der Waals surface area contributed by atoms with Gasteiger partial charge in [0.25, 0.3) is 0 Å². The van der Waals surface area contributed by atoms with Gasteiger partial charge in [-0.15, -0.1) is 0 Å². The maximum Gasteiger partial charge on any atom is 0.225 e. The number of piperidine rings is 1. The Hall–Kier alpha value is -1.86. The molecule has 1 heterocycles. The van der Waals surface area contributed by atoms with Gasteiger partial charge < -0.3 is 10.2 Å². The van der Waals surface area contributed by atoms with Crippen LogP contribution < -0.4 is 5.32 Å². The molecule has 0 spiro atoms. The van der Waals surface area contributed by atoms with E-state index in [1.165, 1.54) is 5.56 Å². The van der Waals surface area contributed by atoms with Crippen molar-refractivity contribution in [2.45, 2.75) is 39.3 Å². The van der Waals surface area contributed by atoms with Gasteiger partial charge in [-0.25, -0.2) is 0 Å². The first kappa shape index (κ1) is 15.5. The summed E-state index contributed by atoms with van der Waals surface area (Å²) >= 11 is 0. The number of nitrogens with zero attached hydrogens (tertiary/aromatic N) is 2. The topological polar surface area (TPSA) is 56.1 Å². The lowest BCUT2D eigenvalue weighted by Gasteiger charge is -2.33. The summed E-state index contributed by atoms with van der Waals surface area (Å²) in [6, 6.07) is 10.3. The average molecular weight is 285 g/mol. The van der Waals surface area contributed by atoms with Gasteiger partial charge in [0.2, 0.25) is 5.91 Å². The van der Waals surface area contributed by atoms with Crippen molar-refractivity contribution in [3.63, 3.8) is 0 Å². The molecule has 0 unspecified atom stereocenters. The summed E-state index contributed by atoms with van der Waals surface area (Å²) in [6.45, 7) is 6.42. The zero-order valence-corrected chi connectivity index (χ0v) is 12.8. The van der Waals surface area contributed by atoms with Gasteiger partial charge in [0.1, 0.15) is 0 Å². The van der Waals surface area contributed by atoms with Crippen LogP contribution in [0, 0.1) is 17.2 Å². The Balaban J connectivity index is 1.76. The van der Waals surface area contributed by atoms with Crippen molar-refractivity contribution in [2.24, 2.45) is 5.92 Å². The van der Waals surface area contributed by atoms with Gasteiger partial charge >= 0.3 is 0 Å². The molecule has 0 atom stereocenters. The Labute approximate surface area is 126 Å². The highest BCUT2D eigenvalue weighted by Crippen LogP contribution is 2.14. The molecule has 4 heteroatoms. The molecule has 0 radical (unpaired) electrons. The van der Waals surface area contributed by atoms with Crippen LogP contribution in [0.2, 0.25) is 0 Å². The predicted molar refractivity (Wildman–Crippen MR) is 82.4 cm³/mol. The quantitative estimate of drug-likeness (QED) is 0.923. The molecule has 0 bridgehead atoms. The van der Waals surface area contributed by atoms with Crippen molar-refractivity contribution in [1.82, 2.24) is 10.2 Å². The van der Waals surface area contributed by atoms with Crippen molar-refractivity contribution in [1.29, 1.82) is 5.26 Å². The standard InChI is InChI=1S/C17H23N3O/c1-13(2)17(21)20-9-7-16(8-10-20)19-12-15-5-3-14(11-18)4-6-15/h3-6,13,16,19H,7-10,12H2,1-2H3. The highest BCUT2D eigenvalue weighted by atomic mass is 16.2. The maximum absolute atomic E-state index is 11.9. The zero-order valence-electron chi connectivity index (χ0n) is 12.8. The third-order valence-electron chi connectivity index (χ3n) is 3.98. The fourth-order valence-electron chi connectivity index (χ4n) is 2.63. The molecule has 1 fully saturated rings. The third-order valence-corrected chi connectivity index (χ3v) is 3.98. The minimum Gasteiger partial charge on any atom is -0.342 e. The molecule has 0 aromatic heterocycles. The predicted octanol–water partition coefficient (Wildman–Crippen LogP) is 2.29. The van der Waals surface area contributed by atoms with Crippen LogP contribution in [0.5, 0.6) is 0 Å². The summed E-state index contributed by atoms with van der Waals surface area (Å²) in [5.74, 6) is 0.355. The fraction of sp³-hybridized carbons (Fsp3) is 0.529. The van der Waals surface area contributed by atoms with Crippen LogP contribution in [0.3, 0.4) is 0 Å². The number of carbonyl (C=O) groups excluding carboxylic acids is 1. The summed E-state index contributed by atoms with van der Waals surface area (Å²) in [6.07, 6.45) is 2.02. The van der Waals surface area contributed by atoms with E-state index in [-0.39, 0.29) is 11.8 Å². The number of hydrogen-bond donors (Lipinski definition) is 1. The Kier molecular flexibility index (Phi) is 5.35. The van der Waals surface area contributed by atoms with Crippen LogP contribution in [0.15, 0.2) is 24.3 Å². The van der Waals surface area contributed by atoms with Crippen LogP contribution in [0.25, 0.3) is 0 Å². The molecule has 21 heavy (non-hydrogen) atoms. The van der Waals surface area contributed by atoms with Crippen molar-refractivity contribution >= 4 is 5.91 Å². The van der Waals surface area contributed by atoms with Crippen molar-refractivity contribution in [2.75, 3.05) is 13.1 Å². The highest BCUT2D eigenvalue weighted by Gasteiger charge is 2.23. The molecule has 0 saturated carbocycles. The third kappa shape index (κ3) is 4.30. The molecule has 112 valence electrons. The zero-order chi connectivity index (χ0) is 15.2. The van der Waals surface area contributed by atoms with E-state index < -0.39 is 0 Å². The first-order valence-corrected chi connectivity index (χ1v) is 7.61. The molecule has 1 aliphatic heterocycles. The summed E-state index contributed by atoms with van der Waals surface area (Å²) in [7, 11) is 0. The van der Waals surface area contributed by atoms with E-state index in [9.17, 15) is 4.79 Å². The molecule has 0 aliphatic carbocycles. The molecular formula is C17H23N3O. The second kappa shape index (κ2) is 7.24. The van der Waals surface area contributed by atoms with Crippen LogP contribution >= 0.6 is 0 Å². The summed E-state index contributed by atoms with van der Waals surface area (Å²) in [5.41, 5.74) is 1.88. The van der Waals surface area contributed by atoms with E-state index in [1.54, 1.807) is 0 Å². The Morgan fingerprint density at radius 2 is 1.95 bits per heavy atom. The molecule has 1 aromatic rings. The minimum absolute atomic E-state index is 0.0909. The van der Waals surface area contributed by atoms with Gasteiger partial charge in [0.15, 0.2) is 0 Å². The van der Waals surface area contributed by atoms with Crippen molar-refractivity contribution in [3.05, 3.63) is 35.4 Å². The number of likely N-dealkylation sites (tertiary alicyclic amines) is 1. The van der Waals surface area contributed by atoms with Gasteiger partial charge in [0.05, 0.1) is 11.6 Å². The number of nitriles is 1. The van der Waals surface area contributed by atoms with Crippen LogP contribution in [0.4, 0.5) is 0 Å². The van der Waals surface area contributed by atoms with E-state index in [0.717, 1.165) is 32.5 Å². The van der Waals surface area contributed by atoms with E-state index in [2.05, 4.69) is 11.4 Å². The smallest absolute Gasteiger partial charge is 0.225 e. The lowest BCUT2D eigenvalue weighted by Crippen LogP contribution is -2.45. The maximum atomic E-state index is 11.9. The molecule has 2 rings (SSSR count). The van der Waals surface area contributed by atoms with Gasteiger partial charge in [-0.2, -0.15) is 5.26 Å². The average Bonchev–Trinajstić information content (AvgIpc) is 2.53. The first-order valence-electron chi connectivity index (χ1n) is 7.61. The van der Waals surface area contributed by atoms with Crippen LogP contribution in [0.1, 0.15) is 37.8 Å². The number of carbonyl (C=O) groups is 1. The number of benzene rings is 1. The van der Waals surface area contributed by atoms with Gasteiger partial charge in [-0.3, -0.25) is 4.79 Å². The van der Waals surface area contributed by atoms with Crippen LogP contribution in [-0.2, 0) is 11.3 Å². The summed E-state index contributed by atoms with van der Waals surface area (Å²) in [4.78, 5) is 13.9. The first-order chi connectivity index (χ1) is 10.1.